The molecule has 2 aliphatic rings. The molecule has 3 heterocycles. The third kappa shape index (κ3) is 2.80. The Bertz CT molecular complexity index is 739. The highest BCUT2D eigenvalue weighted by Gasteiger charge is 2.39. The van der Waals surface area contributed by atoms with Crippen LogP contribution >= 0.6 is 11.6 Å². The van der Waals surface area contributed by atoms with Gasteiger partial charge in [-0.1, -0.05) is 11.6 Å². The molecule has 2 saturated heterocycles. The molecule has 0 aliphatic carbocycles. The fourth-order valence-corrected chi connectivity index (χ4v) is 4.12. The van der Waals surface area contributed by atoms with Gasteiger partial charge in [0.25, 0.3) is 5.91 Å². The van der Waals surface area contributed by atoms with E-state index in [0.717, 1.165) is 44.7 Å². The molecule has 1 amide bonds. The summed E-state index contributed by atoms with van der Waals surface area (Å²) in [6.45, 7) is 3.69. The first kappa shape index (κ1) is 15.6. The van der Waals surface area contributed by atoms with Gasteiger partial charge in [-0.05, 0) is 44.0 Å². The summed E-state index contributed by atoms with van der Waals surface area (Å²) < 4.78 is 1.76. The lowest BCUT2D eigenvalue weighted by Crippen LogP contribution is -2.47. The van der Waals surface area contributed by atoms with Crippen LogP contribution in [0.5, 0.6) is 0 Å². The van der Waals surface area contributed by atoms with Gasteiger partial charge < -0.3 is 10.2 Å². The molecule has 1 N–H and O–H groups in total. The van der Waals surface area contributed by atoms with E-state index >= 15 is 0 Å². The molecule has 0 unspecified atom stereocenters. The summed E-state index contributed by atoms with van der Waals surface area (Å²) >= 11 is 6.40. The van der Waals surface area contributed by atoms with Gasteiger partial charge in [0, 0.05) is 30.7 Å². The predicted octanol–water partition coefficient (Wildman–Crippen LogP) is 2.14. The number of rotatable bonds is 2. The second-order valence-electron chi connectivity index (χ2n) is 6.79. The van der Waals surface area contributed by atoms with Gasteiger partial charge in [0.2, 0.25) is 0 Å². The molecule has 1 atom stereocenters. The standard InChI is InChI=1S/C17H20ClN5O/c18-15-8-13(23-11-20-21-12-23)2-3-14(15)16(24)22-7-1-4-17(10-22)5-6-19-9-17/h2-3,8,11-12,19H,1,4-7,9-10H2/t17-/m1/s1. The molecule has 0 radical (unpaired) electrons. The number of nitrogens with zero attached hydrogens (tertiary/aromatic N) is 4. The van der Waals surface area contributed by atoms with Gasteiger partial charge in [0.05, 0.1) is 10.6 Å². The third-order valence-corrected chi connectivity index (χ3v) is 5.49. The monoisotopic (exact) mass is 345 g/mol. The van der Waals surface area contributed by atoms with E-state index in [4.69, 9.17) is 11.6 Å². The number of benzene rings is 1. The lowest BCUT2D eigenvalue weighted by Gasteiger charge is -2.40. The zero-order valence-corrected chi connectivity index (χ0v) is 14.2. The summed E-state index contributed by atoms with van der Waals surface area (Å²) in [5.74, 6) is 0.0290. The number of piperidine rings is 1. The highest BCUT2D eigenvalue weighted by Crippen LogP contribution is 2.36. The number of likely N-dealkylation sites (tertiary alicyclic amines) is 1. The first-order valence-corrected chi connectivity index (χ1v) is 8.69. The Hall–Kier alpha value is -1.92. The van der Waals surface area contributed by atoms with Gasteiger partial charge in [-0.3, -0.25) is 9.36 Å². The molecule has 2 fully saturated rings. The number of hydrogen-bond acceptors (Lipinski definition) is 4. The Morgan fingerprint density at radius 1 is 1.25 bits per heavy atom. The lowest BCUT2D eigenvalue weighted by atomic mass is 9.79. The van der Waals surface area contributed by atoms with E-state index in [-0.39, 0.29) is 11.3 Å². The average molecular weight is 346 g/mol. The molecule has 1 aromatic heterocycles. The van der Waals surface area contributed by atoms with Crippen LogP contribution in [0.2, 0.25) is 5.02 Å². The van der Waals surface area contributed by atoms with Gasteiger partial charge in [0.1, 0.15) is 12.7 Å². The fraction of sp³-hybridized carbons (Fsp3) is 0.471. The van der Waals surface area contributed by atoms with E-state index < -0.39 is 0 Å². The van der Waals surface area contributed by atoms with Crippen molar-refractivity contribution in [1.29, 1.82) is 0 Å². The minimum absolute atomic E-state index is 0.0290. The van der Waals surface area contributed by atoms with Crippen LogP contribution in [-0.4, -0.2) is 51.8 Å². The van der Waals surface area contributed by atoms with Gasteiger partial charge >= 0.3 is 0 Å². The first-order valence-electron chi connectivity index (χ1n) is 8.31. The molecular formula is C17H20ClN5O. The van der Waals surface area contributed by atoms with Crippen molar-refractivity contribution in [2.45, 2.75) is 19.3 Å². The molecule has 1 spiro atoms. The summed E-state index contributed by atoms with van der Waals surface area (Å²) in [4.78, 5) is 14.9. The molecule has 6 nitrogen and oxygen atoms in total. The van der Waals surface area contributed by atoms with E-state index in [0.29, 0.717) is 10.6 Å². The van der Waals surface area contributed by atoms with Gasteiger partial charge in [-0.25, -0.2) is 0 Å². The molecular weight excluding hydrogens is 326 g/mol. The maximum atomic E-state index is 12.9. The molecule has 2 aromatic rings. The Balaban J connectivity index is 1.56. The highest BCUT2D eigenvalue weighted by atomic mass is 35.5. The molecule has 2 aliphatic heterocycles. The Morgan fingerprint density at radius 2 is 2.08 bits per heavy atom. The number of aromatic nitrogens is 3. The number of amides is 1. The SMILES string of the molecule is O=C(c1ccc(-n2cnnc2)cc1Cl)N1CCC[C@]2(CCNC2)C1. The Morgan fingerprint density at radius 3 is 2.79 bits per heavy atom. The van der Waals surface area contributed by atoms with Crippen LogP contribution in [0.25, 0.3) is 5.69 Å². The molecule has 24 heavy (non-hydrogen) atoms. The largest absolute Gasteiger partial charge is 0.338 e. The second-order valence-corrected chi connectivity index (χ2v) is 7.20. The van der Waals surface area contributed by atoms with E-state index in [2.05, 4.69) is 15.5 Å². The smallest absolute Gasteiger partial charge is 0.255 e. The topological polar surface area (TPSA) is 63.1 Å². The Labute approximate surface area is 145 Å². The van der Waals surface area contributed by atoms with Gasteiger partial charge in [-0.2, -0.15) is 0 Å². The fourth-order valence-electron chi connectivity index (χ4n) is 3.87. The minimum Gasteiger partial charge on any atom is -0.338 e. The summed E-state index contributed by atoms with van der Waals surface area (Å²) in [5.41, 5.74) is 1.66. The van der Waals surface area contributed by atoms with Crippen molar-refractivity contribution in [3.8, 4) is 5.69 Å². The van der Waals surface area contributed by atoms with Crippen LogP contribution < -0.4 is 5.32 Å². The van der Waals surface area contributed by atoms with E-state index in [9.17, 15) is 4.79 Å². The summed E-state index contributed by atoms with van der Waals surface area (Å²) in [6.07, 6.45) is 6.62. The van der Waals surface area contributed by atoms with Gasteiger partial charge in [-0.15, -0.1) is 10.2 Å². The number of hydrogen-bond donors (Lipinski definition) is 1. The summed E-state index contributed by atoms with van der Waals surface area (Å²) in [6, 6.07) is 5.46. The van der Waals surface area contributed by atoms with Gasteiger partial charge in [0.15, 0.2) is 0 Å². The molecule has 126 valence electrons. The average Bonchev–Trinajstić information content (AvgIpc) is 3.27. The molecule has 4 rings (SSSR count). The van der Waals surface area contributed by atoms with Crippen LogP contribution in [-0.2, 0) is 0 Å². The normalized spacial score (nSPS) is 23.8. The van der Waals surface area contributed by atoms with Crippen LogP contribution in [0, 0.1) is 5.41 Å². The molecule has 1 aromatic carbocycles. The van der Waals surface area contributed by atoms with Crippen LogP contribution in [0.1, 0.15) is 29.6 Å². The zero-order chi connectivity index (χ0) is 16.6. The van der Waals surface area contributed by atoms with E-state index in [1.165, 1.54) is 6.42 Å². The van der Waals surface area contributed by atoms with Crippen LogP contribution in [0.4, 0.5) is 0 Å². The number of nitrogens with one attached hydrogen (secondary N) is 1. The summed E-state index contributed by atoms with van der Waals surface area (Å²) in [7, 11) is 0. The van der Waals surface area contributed by atoms with Crippen molar-refractivity contribution < 1.29 is 4.79 Å². The number of carbonyl (C=O) groups is 1. The summed E-state index contributed by atoms with van der Waals surface area (Å²) in [5, 5.41) is 11.5. The number of halogens is 1. The number of carbonyl (C=O) groups excluding carboxylic acids is 1. The Kier molecular flexibility index (Phi) is 4.02. The van der Waals surface area contributed by atoms with Crippen molar-refractivity contribution in [2.24, 2.45) is 5.41 Å². The van der Waals surface area contributed by atoms with Crippen molar-refractivity contribution in [1.82, 2.24) is 25.0 Å². The van der Waals surface area contributed by atoms with E-state index in [1.807, 2.05) is 11.0 Å². The van der Waals surface area contributed by atoms with Crippen LogP contribution in [0.3, 0.4) is 0 Å². The third-order valence-electron chi connectivity index (χ3n) is 5.18. The minimum atomic E-state index is 0.0290. The maximum absolute atomic E-state index is 12.9. The van der Waals surface area contributed by atoms with Crippen LogP contribution in [0.15, 0.2) is 30.9 Å². The quantitative estimate of drug-likeness (QED) is 0.905. The first-order chi connectivity index (χ1) is 11.7. The van der Waals surface area contributed by atoms with E-state index in [1.54, 1.807) is 29.4 Å². The van der Waals surface area contributed by atoms with Crippen molar-refractivity contribution in [3.05, 3.63) is 41.4 Å². The van der Waals surface area contributed by atoms with Crippen molar-refractivity contribution in [3.63, 3.8) is 0 Å². The lowest BCUT2D eigenvalue weighted by molar-refractivity contribution is 0.0553. The molecule has 7 heteroatoms. The maximum Gasteiger partial charge on any atom is 0.255 e. The molecule has 0 bridgehead atoms. The predicted molar refractivity (Wildman–Crippen MR) is 91.4 cm³/mol. The van der Waals surface area contributed by atoms with Crippen molar-refractivity contribution in [2.75, 3.05) is 26.2 Å². The highest BCUT2D eigenvalue weighted by molar-refractivity contribution is 6.34. The zero-order valence-electron chi connectivity index (χ0n) is 13.4. The molecule has 0 saturated carbocycles. The second kappa shape index (κ2) is 6.18. The van der Waals surface area contributed by atoms with Crippen molar-refractivity contribution >= 4 is 17.5 Å².